The summed E-state index contributed by atoms with van der Waals surface area (Å²) in [6, 6.07) is 13.6. The van der Waals surface area contributed by atoms with Crippen LogP contribution in [0, 0.1) is 12.7 Å². The number of nitrogens with one attached hydrogen (secondary N) is 1. The fourth-order valence-electron chi connectivity index (χ4n) is 1.75. The summed E-state index contributed by atoms with van der Waals surface area (Å²) in [5, 5.41) is 2.64. The first kappa shape index (κ1) is 15.8. The number of benzene rings is 2. The van der Waals surface area contributed by atoms with E-state index < -0.39 is 5.82 Å². The number of aryl methyl sites for hydroxylation is 1. The molecule has 1 N–H and O–H groups in total. The summed E-state index contributed by atoms with van der Waals surface area (Å²) >= 11 is 0. The summed E-state index contributed by atoms with van der Waals surface area (Å²) in [5.74, 6) is 0.00442. The van der Waals surface area contributed by atoms with Crippen molar-refractivity contribution < 1.29 is 18.7 Å². The zero-order valence-corrected chi connectivity index (χ0v) is 12.3. The monoisotopic (exact) mass is 303 g/mol. The molecule has 22 heavy (non-hydrogen) atoms. The van der Waals surface area contributed by atoms with E-state index in [1.54, 1.807) is 12.1 Å². The number of carbonyl (C=O) groups is 1. The fraction of sp³-hybridized carbons (Fsp3) is 0.235. The molecular formula is C17H18FNO3. The molecule has 0 aliphatic rings. The van der Waals surface area contributed by atoms with E-state index in [0.717, 1.165) is 11.3 Å². The standard InChI is InChI=1S/C17H18FNO3/c1-13-6-8-14(9-7-13)21-11-10-19-17(20)12-22-16-5-3-2-4-15(16)18/h2-9H,10-12H2,1H3,(H,19,20). The number of ether oxygens (including phenoxy) is 2. The molecule has 0 saturated carbocycles. The fourth-order valence-corrected chi connectivity index (χ4v) is 1.75. The van der Waals surface area contributed by atoms with E-state index in [9.17, 15) is 9.18 Å². The van der Waals surface area contributed by atoms with E-state index in [4.69, 9.17) is 9.47 Å². The van der Waals surface area contributed by atoms with Gasteiger partial charge in [0.25, 0.3) is 5.91 Å². The van der Waals surface area contributed by atoms with Gasteiger partial charge in [-0.25, -0.2) is 4.39 Å². The van der Waals surface area contributed by atoms with Crippen molar-refractivity contribution >= 4 is 5.91 Å². The Morgan fingerprint density at radius 3 is 2.55 bits per heavy atom. The molecule has 1 amide bonds. The van der Waals surface area contributed by atoms with Crippen LogP contribution in [0.15, 0.2) is 48.5 Å². The molecule has 2 aromatic rings. The maximum atomic E-state index is 13.3. The molecule has 0 unspecified atom stereocenters. The van der Waals surface area contributed by atoms with Gasteiger partial charge in [0.15, 0.2) is 18.2 Å². The predicted molar refractivity (Wildman–Crippen MR) is 81.6 cm³/mol. The van der Waals surface area contributed by atoms with Gasteiger partial charge in [-0.05, 0) is 31.2 Å². The third-order valence-corrected chi connectivity index (χ3v) is 2.91. The second-order valence-corrected chi connectivity index (χ2v) is 4.73. The Kier molecular flexibility index (Phi) is 5.77. The van der Waals surface area contributed by atoms with Crippen LogP contribution in [0.4, 0.5) is 4.39 Å². The highest BCUT2D eigenvalue weighted by molar-refractivity contribution is 5.77. The molecule has 2 aromatic carbocycles. The van der Waals surface area contributed by atoms with Crippen LogP contribution in [0.1, 0.15) is 5.56 Å². The van der Waals surface area contributed by atoms with Crippen LogP contribution >= 0.6 is 0 Å². The average molecular weight is 303 g/mol. The van der Waals surface area contributed by atoms with Gasteiger partial charge in [0, 0.05) is 0 Å². The Bertz CT molecular complexity index is 614. The van der Waals surface area contributed by atoms with Gasteiger partial charge in [-0.15, -0.1) is 0 Å². The van der Waals surface area contributed by atoms with E-state index in [2.05, 4.69) is 5.32 Å². The first-order valence-electron chi connectivity index (χ1n) is 6.98. The molecule has 0 fully saturated rings. The molecule has 5 heteroatoms. The van der Waals surface area contributed by atoms with Crippen molar-refractivity contribution in [1.29, 1.82) is 0 Å². The largest absolute Gasteiger partial charge is 0.492 e. The summed E-state index contributed by atoms with van der Waals surface area (Å²) < 4.78 is 23.9. The first-order valence-corrected chi connectivity index (χ1v) is 6.98. The van der Waals surface area contributed by atoms with Crippen molar-refractivity contribution in [3.05, 3.63) is 59.9 Å². The van der Waals surface area contributed by atoms with Crippen molar-refractivity contribution in [3.8, 4) is 11.5 Å². The molecule has 116 valence electrons. The Hall–Kier alpha value is -2.56. The number of carbonyl (C=O) groups excluding carboxylic acids is 1. The minimum absolute atomic E-state index is 0.0635. The van der Waals surface area contributed by atoms with E-state index >= 15 is 0 Å². The third kappa shape index (κ3) is 5.09. The summed E-state index contributed by atoms with van der Waals surface area (Å²) in [5.41, 5.74) is 1.16. The van der Waals surface area contributed by atoms with Crippen LogP contribution in [-0.4, -0.2) is 25.7 Å². The Labute approximate surface area is 128 Å². The van der Waals surface area contributed by atoms with Crippen molar-refractivity contribution in [2.24, 2.45) is 0 Å². The zero-order valence-electron chi connectivity index (χ0n) is 12.3. The van der Waals surface area contributed by atoms with Crippen molar-refractivity contribution in [3.63, 3.8) is 0 Å². The van der Waals surface area contributed by atoms with Crippen LogP contribution < -0.4 is 14.8 Å². The second kappa shape index (κ2) is 8.02. The number of halogens is 1. The summed E-state index contributed by atoms with van der Waals surface area (Å²) in [6.07, 6.45) is 0. The molecule has 0 spiro atoms. The molecule has 0 aliphatic carbocycles. The first-order chi connectivity index (χ1) is 10.6. The van der Waals surface area contributed by atoms with E-state index in [1.807, 2.05) is 31.2 Å². The van der Waals surface area contributed by atoms with Gasteiger partial charge in [-0.2, -0.15) is 0 Å². The van der Waals surface area contributed by atoms with Gasteiger partial charge >= 0.3 is 0 Å². The van der Waals surface area contributed by atoms with E-state index in [1.165, 1.54) is 12.1 Å². The van der Waals surface area contributed by atoms with Crippen LogP contribution in [0.25, 0.3) is 0 Å². The van der Waals surface area contributed by atoms with Gasteiger partial charge in [-0.3, -0.25) is 4.79 Å². The normalized spacial score (nSPS) is 10.1. The molecule has 0 bridgehead atoms. The van der Waals surface area contributed by atoms with Crippen LogP contribution in [0.2, 0.25) is 0 Å². The van der Waals surface area contributed by atoms with Gasteiger partial charge in [0.05, 0.1) is 6.54 Å². The minimum atomic E-state index is -0.488. The highest BCUT2D eigenvalue weighted by Gasteiger charge is 2.05. The predicted octanol–water partition coefficient (Wildman–Crippen LogP) is 2.71. The van der Waals surface area contributed by atoms with Gasteiger partial charge in [0.1, 0.15) is 12.4 Å². The number of para-hydroxylation sites is 1. The number of hydrogen-bond acceptors (Lipinski definition) is 3. The van der Waals surface area contributed by atoms with Gasteiger partial charge in [-0.1, -0.05) is 29.8 Å². The second-order valence-electron chi connectivity index (χ2n) is 4.73. The summed E-state index contributed by atoms with van der Waals surface area (Å²) in [4.78, 5) is 11.6. The Morgan fingerprint density at radius 1 is 1.09 bits per heavy atom. The molecule has 0 radical (unpaired) electrons. The Balaban J connectivity index is 1.64. The quantitative estimate of drug-likeness (QED) is 0.800. The lowest BCUT2D eigenvalue weighted by atomic mass is 10.2. The van der Waals surface area contributed by atoms with E-state index in [-0.39, 0.29) is 18.3 Å². The molecule has 0 heterocycles. The molecule has 0 aliphatic heterocycles. The Morgan fingerprint density at radius 2 is 1.82 bits per heavy atom. The van der Waals surface area contributed by atoms with Crippen molar-refractivity contribution in [2.45, 2.75) is 6.92 Å². The number of amides is 1. The third-order valence-electron chi connectivity index (χ3n) is 2.91. The topological polar surface area (TPSA) is 47.6 Å². The van der Waals surface area contributed by atoms with E-state index in [0.29, 0.717) is 13.2 Å². The van der Waals surface area contributed by atoms with Crippen LogP contribution in [0.3, 0.4) is 0 Å². The molecule has 4 nitrogen and oxygen atoms in total. The van der Waals surface area contributed by atoms with Crippen molar-refractivity contribution in [2.75, 3.05) is 19.8 Å². The molecule has 2 rings (SSSR count). The summed E-state index contributed by atoms with van der Waals surface area (Å²) in [7, 11) is 0. The molecule has 0 atom stereocenters. The lowest BCUT2D eigenvalue weighted by molar-refractivity contribution is -0.123. The van der Waals surface area contributed by atoms with Gasteiger partial charge < -0.3 is 14.8 Å². The molecule has 0 aromatic heterocycles. The average Bonchev–Trinajstić information content (AvgIpc) is 2.52. The van der Waals surface area contributed by atoms with Crippen LogP contribution in [-0.2, 0) is 4.79 Å². The number of rotatable bonds is 7. The van der Waals surface area contributed by atoms with Crippen LogP contribution in [0.5, 0.6) is 11.5 Å². The number of hydrogen-bond donors (Lipinski definition) is 1. The molecular weight excluding hydrogens is 285 g/mol. The zero-order chi connectivity index (χ0) is 15.8. The lowest BCUT2D eigenvalue weighted by Crippen LogP contribution is -2.32. The highest BCUT2D eigenvalue weighted by atomic mass is 19.1. The minimum Gasteiger partial charge on any atom is -0.492 e. The van der Waals surface area contributed by atoms with Crippen molar-refractivity contribution in [1.82, 2.24) is 5.32 Å². The summed E-state index contributed by atoms with van der Waals surface area (Å²) in [6.45, 7) is 2.48. The maximum absolute atomic E-state index is 13.3. The highest BCUT2D eigenvalue weighted by Crippen LogP contribution is 2.14. The molecule has 0 saturated heterocycles. The van der Waals surface area contributed by atoms with Gasteiger partial charge in [0.2, 0.25) is 0 Å². The smallest absolute Gasteiger partial charge is 0.258 e. The lowest BCUT2D eigenvalue weighted by Gasteiger charge is -2.09. The SMILES string of the molecule is Cc1ccc(OCCNC(=O)COc2ccccc2F)cc1. The maximum Gasteiger partial charge on any atom is 0.258 e.